The van der Waals surface area contributed by atoms with Gasteiger partial charge in [-0.25, -0.2) is 0 Å². The van der Waals surface area contributed by atoms with Crippen LogP contribution in [0.15, 0.2) is 24.3 Å². The summed E-state index contributed by atoms with van der Waals surface area (Å²) in [7, 11) is 0. The lowest BCUT2D eigenvalue weighted by atomic mass is 9.97. The van der Waals surface area contributed by atoms with E-state index in [1.165, 1.54) is 24.8 Å². The topological polar surface area (TPSA) is 29.5 Å². The van der Waals surface area contributed by atoms with Crippen molar-refractivity contribution in [3.05, 3.63) is 29.8 Å². The van der Waals surface area contributed by atoms with Crippen LogP contribution >= 0.6 is 0 Å². The second-order valence-electron chi connectivity index (χ2n) is 6.90. The van der Waals surface area contributed by atoms with Crippen molar-refractivity contribution in [1.82, 2.24) is 4.90 Å². The van der Waals surface area contributed by atoms with E-state index in [0.717, 1.165) is 44.7 Å². The van der Waals surface area contributed by atoms with Crippen molar-refractivity contribution >= 4 is 5.91 Å². The van der Waals surface area contributed by atoms with Gasteiger partial charge in [-0.15, -0.1) is 0 Å². The summed E-state index contributed by atoms with van der Waals surface area (Å²) in [5.41, 5.74) is 1.25. The van der Waals surface area contributed by atoms with E-state index in [1.54, 1.807) is 0 Å². The predicted octanol–water partition coefficient (Wildman–Crippen LogP) is 3.80. The molecule has 0 radical (unpaired) electrons. The van der Waals surface area contributed by atoms with Crippen molar-refractivity contribution in [2.45, 2.75) is 45.4 Å². The molecule has 1 amide bonds. The Morgan fingerprint density at radius 1 is 1.14 bits per heavy atom. The third-order valence-corrected chi connectivity index (χ3v) is 5.04. The molecule has 1 atom stereocenters. The van der Waals surface area contributed by atoms with Gasteiger partial charge in [0.1, 0.15) is 5.75 Å². The predicted molar refractivity (Wildman–Crippen MR) is 87.9 cm³/mol. The normalized spacial score (nSPS) is 22.8. The lowest BCUT2D eigenvalue weighted by Crippen LogP contribution is -2.43. The lowest BCUT2D eigenvalue weighted by Gasteiger charge is -2.34. The van der Waals surface area contributed by atoms with Crippen LogP contribution in [0.5, 0.6) is 5.75 Å². The molecule has 120 valence electrons. The molecule has 1 heterocycles. The summed E-state index contributed by atoms with van der Waals surface area (Å²) in [5.74, 6) is 2.11. The number of hydrogen-bond acceptors (Lipinski definition) is 2. The van der Waals surface area contributed by atoms with Gasteiger partial charge in [0.25, 0.3) is 0 Å². The summed E-state index contributed by atoms with van der Waals surface area (Å²) < 4.78 is 5.92. The molecule has 3 nitrogen and oxygen atoms in total. The van der Waals surface area contributed by atoms with Crippen molar-refractivity contribution in [2.75, 3.05) is 19.7 Å². The van der Waals surface area contributed by atoms with Crippen molar-refractivity contribution in [1.29, 1.82) is 0 Å². The molecule has 1 aromatic rings. The molecule has 3 rings (SSSR count). The van der Waals surface area contributed by atoms with Gasteiger partial charge in [0.05, 0.1) is 6.61 Å². The summed E-state index contributed by atoms with van der Waals surface area (Å²) in [5, 5.41) is 0. The van der Waals surface area contributed by atoms with Gasteiger partial charge in [-0.3, -0.25) is 4.79 Å². The SMILES string of the molecule is Cc1ccc(OCC2CCCN(C(=O)C3CCCC3)C2)cc1. The standard InChI is InChI=1S/C19H27NO2/c1-15-8-10-18(11-9-15)22-14-16-5-4-12-20(13-16)19(21)17-6-2-3-7-17/h8-11,16-17H,2-7,12-14H2,1H3. The van der Waals surface area contributed by atoms with E-state index in [0.29, 0.717) is 17.7 Å². The molecule has 2 fully saturated rings. The Morgan fingerprint density at radius 2 is 1.86 bits per heavy atom. The van der Waals surface area contributed by atoms with E-state index in [4.69, 9.17) is 4.74 Å². The molecule has 0 spiro atoms. The van der Waals surface area contributed by atoms with Gasteiger partial charge in [-0.05, 0) is 44.7 Å². The minimum absolute atomic E-state index is 0.303. The third kappa shape index (κ3) is 3.82. The first-order valence-electron chi connectivity index (χ1n) is 8.70. The van der Waals surface area contributed by atoms with Gasteiger partial charge in [-0.1, -0.05) is 30.5 Å². The number of carbonyl (C=O) groups is 1. The van der Waals surface area contributed by atoms with Crippen LogP contribution in [0, 0.1) is 18.8 Å². The number of piperidine rings is 1. The summed E-state index contributed by atoms with van der Waals surface area (Å²) in [6.07, 6.45) is 6.93. The second-order valence-corrected chi connectivity index (χ2v) is 6.90. The Hall–Kier alpha value is -1.51. The number of likely N-dealkylation sites (tertiary alicyclic amines) is 1. The fourth-order valence-electron chi connectivity index (χ4n) is 3.68. The molecule has 1 aromatic carbocycles. The number of amides is 1. The van der Waals surface area contributed by atoms with Crippen LogP contribution in [-0.2, 0) is 4.79 Å². The van der Waals surface area contributed by atoms with E-state index in [9.17, 15) is 4.79 Å². The minimum atomic E-state index is 0.303. The zero-order chi connectivity index (χ0) is 15.4. The van der Waals surface area contributed by atoms with Crippen LogP contribution in [0.3, 0.4) is 0 Å². The monoisotopic (exact) mass is 301 g/mol. The van der Waals surface area contributed by atoms with E-state index in [-0.39, 0.29) is 0 Å². The van der Waals surface area contributed by atoms with Gasteiger partial charge in [0, 0.05) is 24.9 Å². The van der Waals surface area contributed by atoms with Gasteiger partial charge in [0.15, 0.2) is 0 Å². The molecular formula is C19H27NO2. The van der Waals surface area contributed by atoms with Gasteiger partial charge in [-0.2, -0.15) is 0 Å². The Morgan fingerprint density at radius 3 is 2.59 bits per heavy atom. The molecule has 0 N–H and O–H groups in total. The summed E-state index contributed by atoms with van der Waals surface area (Å²) in [6, 6.07) is 8.21. The van der Waals surface area contributed by atoms with E-state index in [1.807, 2.05) is 12.1 Å². The Kier molecular flexibility index (Phi) is 5.01. The van der Waals surface area contributed by atoms with E-state index >= 15 is 0 Å². The number of hydrogen-bond donors (Lipinski definition) is 0. The highest BCUT2D eigenvalue weighted by Crippen LogP contribution is 2.28. The maximum absolute atomic E-state index is 12.5. The number of ether oxygens (including phenoxy) is 1. The Bertz CT molecular complexity index is 491. The van der Waals surface area contributed by atoms with Gasteiger partial charge < -0.3 is 9.64 Å². The molecule has 3 heteroatoms. The number of carbonyl (C=O) groups excluding carboxylic acids is 1. The summed E-state index contributed by atoms with van der Waals surface area (Å²) >= 11 is 0. The molecule has 1 aliphatic carbocycles. The molecule has 0 bridgehead atoms. The van der Waals surface area contributed by atoms with Crippen molar-refractivity contribution in [3.8, 4) is 5.75 Å². The van der Waals surface area contributed by atoms with Crippen LogP contribution in [0.4, 0.5) is 0 Å². The molecule has 1 aliphatic heterocycles. The first kappa shape index (κ1) is 15.4. The smallest absolute Gasteiger partial charge is 0.225 e. The Balaban J connectivity index is 1.49. The zero-order valence-electron chi connectivity index (χ0n) is 13.6. The van der Waals surface area contributed by atoms with Crippen LogP contribution < -0.4 is 4.74 Å². The Labute approximate surface area is 133 Å². The highest BCUT2D eigenvalue weighted by molar-refractivity contribution is 5.79. The highest BCUT2D eigenvalue weighted by Gasteiger charge is 2.30. The third-order valence-electron chi connectivity index (χ3n) is 5.04. The average molecular weight is 301 g/mol. The number of nitrogens with zero attached hydrogens (tertiary/aromatic N) is 1. The molecule has 1 unspecified atom stereocenters. The highest BCUT2D eigenvalue weighted by atomic mass is 16.5. The number of rotatable bonds is 4. The first-order valence-corrected chi connectivity index (χ1v) is 8.70. The van der Waals surface area contributed by atoms with Crippen molar-refractivity contribution < 1.29 is 9.53 Å². The molecule has 2 aliphatic rings. The maximum Gasteiger partial charge on any atom is 0.225 e. The van der Waals surface area contributed by atoms with Crippen LogP contribution in [0.1, 0.15) is 44.1 Å². The maximum atomic E-state index is 12.5. The van der Waals surface area contributed by atoms with Crippen LogP contribution in [-0.4, -0.2) is 30.5 Å². The van der Waals surface area contributed by atoms with Gasteiger partial charge >= 0.3 is 0 Å². The van der Waals surface area contributed by atoms with Crippen molar-refractivity contribution in [2.24, 2.45) is 11.8 Å². The van der Waals surface area contributed by atoms with Crippen molar-refractivity contribution in [3.63, 3.8) is 0 Å². The molecular weight excluding hydrogens is 274 g/mol. The van der Waals surface area contributed by atoms with Gasteiger partial charge in [0.2, 0.25) is 5.91 Å². The molecule has 22 heavy (non-hydrogen) atoms. The number of benzene rings is 1. The van der Waals surface area contributed by atoms with Crippen LogP contribution in [0.25, 0.3) is 0 Å². The fraction of sp³-hybridized carbons (Fsp3) is 0.632. The van der Waals surface area contributed by atoms with E-state index in [2.05, 4.69) is 24.0 Å². The molecule has 0 aromatic heterocycles. The number of aryl methyl sites for hydroxylation is 1. The fourth-order valence-corrected chi connectivity index (χ4v) is 3.68. The second kappa shape index (κ2) is 7.17. The molecule has 1 saturated carbocycles. The zero-order valence-corrected chi connectivity index (χ0v) is 13.6. The largest absolute Gasteiger partial charge is 0.493 e. The quantitative estimate of drug-likeness (QED) is 0.846. The minimum Gasteiger partial charge on any atom is -0.493 e. The summed E-state index contributed by atoms with van der Waals surface area (Å²) in [4.78, 5) is 14.6. The average Bonchev–Trinajstić information content (AvgIpc) is 3.08. The van der Waals surface area contributed by atoms with E-state index < -0.39 is 0 Å². The lowest BCUT2D eigenvalue weighted by molar-refractivity contribution is -0.137. The summed E-state index contributed by atoms with van der Waals surface area (Å²) in [6.45, 7) is 4.62. The molecule has 1 saturated heterocycles. The first-order chi connectivity index (χ1) is 10.7. The van der Waals surface area contributed by atoms with Crippen LogP contribution in [0.2, 0.25) is 0 Å².